The van der Waals surface area contributed by atoms with Crippen LogP contribution >= 0.6 is 0 Å². The Morgan fingerprint density at radius 1 is 0.757 bits per heavy atom. The van der Waals surface area contributed by atoms with E-state index in [0.29, 0.717) is 17.6 Å². The van der Waals surface area contributed by atoms with Crippen molar-refractivity contribution in [3.05, 3.63) is 71.1 Å². The number of unbranched alkanes of at least 4 members (excludes halogenated alkanes) is 6. The van der Waals surface area contributed by atoms with Crippen LogP contribution < -0.4 is 0 Å². The molecule has 0 spiro atoms. The van der Waals surface area contributed by atoms with Crippen molar-refractivity contribution in [3.8, 4) is 11.4 Å². The maximum absolute atomic E-state index is 5.50. The van der Waals surface area contributed by atoms with Crippen LogP contribution in [0.2, 0.25) is 0 Å². The molecule has 0 radical (unpaired) electrons. The highest BCUT2D eigenvalue weighted by Crippen LogP contribution is 2.38. The Labute approximate surface area is 224 Å². The van der Waals surface area contributed by atoms with E-state index in [4.69, 9.17) is 4.52 Å². The molecule has 37 heavy (non-hydrogen) atoms. The number of aromatic nitrogens is 2. The average Bonchev–Trinajstić information content (AvgIpc) is 3.42. The maximum atomic E-state index is 5.50. The van der Waals surface area contributed by atoms with Crippen LogP contribution in [-0.2, 0) is 6.42 Å². The number of hydrogen-bond acceptors (Lipinski definition) is 3. The van der Waals surface area contributed by atoms with Crippen LogP contribution in [0.3, 0.4) is 0 Å². The molecule has 1 aliphatic carbocycles. The van der Waals surface area contributed by atoms with Crippen LogP contribution in [0, 0.1) is 5.92 Å². The first kappa shape index (κ1) is 27.4. The molecule has 2 aromatic carbocycles. The van der Waals surface area contributed by atoms with Crippen molar-refractivity contribution in [2.24, 2.45) is 5.92 Å². The summed E-state index contributed by atoms with van der Waals surface area (Å²) in [6, 6.07) is 17.7. The Hall–Kier alpha value is -2.68. The molecule has 3 heteroatoms. The van der Waals surface area contributed by atoms with Gasteiger partial charge in [0.25, 0.3) is 5.89 Å². The molecule has 1 fully saturated rings. The second-order valence-electron chi connectivity index (χ2n) is 11.0. The Balaban J connectivity index is 1.25. The predicted molar refractivity (Wildman–Crippen MR) is 156 cm³/mol. The van der Waals surface area contributed by atoms with Gasteiger partial charge >= 0.3 is 0 Å². The molecule has 1 aliphatic rings. The van der Waals surface area contributed by atoms with E-state index in [1.165, 1.54) is 101 Å². The van der Waals surface area contributed by atoms with Crippen molar-refractivity contribution in [1.82, 2.24) is 10.1 Å². The Morgan fingerprint density at radius 2 is 1.46 bits per heavy atom. The Kier molecular flexibility index (Phi) is 11.0. The molecule has 3 nitrogen and oxygen atoms in total. The third-order valence-corrected chi connectivity index (χ3v) is 8.11. The second kappa shape index (κ2) is 14.9. The van der Waals surface area contributed by atoms with Gasteiger partial charge in [0.1, 0.15) is 0 Å². The fourth-order valence-electron chi connectivity index (χ4n) is 5.69. The van der Waals surface area contributed by atoms with Crippen LogP contribution in [0.25, 0.3) is 23.5 Å². The molecule has 0 N–H and O–H groups in total. The lowest BCUT2D eigenvalue weighted by Crippen LogP contribution is -2.13. The number of rotatable bonds is 14. The van der Waals surface area contributed by atoms with Crippen molar-refractivity contribution in [2.45, 2.75) is 110 Å². The Morgan fingerprint density at radius 3 is 2.19 bits per heavy atom. The summed E-state index contributed by atoms with van der Waals surface area (Å²) in [7, 11) is 0. The SMILES string of the molecule is CCCCCCCc1ccc(C=Cc2nc(-c3ccc(C4CCC(CCCCC)CC4)cc3)no2)cc1. The first-order chi connectivity index (χ1) is 18.2. The molecule has 1 aromatic heterocycles. The van der Waals surface area contributed by atoms with Gasteiger partial charge in [-0.3, -0.25) is 0 Å². The minimum absolute atomic E-state index is 0.542. The largest absolute Gasteiger partial charge is 0.334 e. The number of benzene rings is 2. The van der Waals surface area contributed by atoms with E-state index in [1.54, 1.807) is 0 Å². The lowest BCUT2D eigenvalue weighted by Gasteiger charge is -2.29. The predicted octanol–water partition coefficient (Wildman–Crippen LogP) is 10.3. The molecule has 0 unspecified atom stereocenters. The number of hydrogen-bond donors (Lipinski definition) is 0. The summed E-state index contributed by atoms with van der Waals surface area (Å²) < 4.78 is 5.50. The summed E-state index contributed by atoms with van der Waals surface area (Å²) in [5.74, 6) is 2.85. The molecule has 0 saturated heterocycles. The molecule has 4 rings (SSSR count). The zero-order valence-corrected chi connectivity index (χ0v) is 23.1. The minimum Gasteiger partial charge on any atom is -0.334 e. The van der Waals surface area contributed by atoms with Gasteiger partial charge in [-0.25, -0.2) is 0 Å². The first-order valence-corrected chi connectivity index (χ1v) is 15.0. The summed E-state index contributed by atoms with van der Waals surface area (Å²) in [5, 5.41) is 4.22. The summed E-state index contributed by atoms with van der Waals surface area (Å²) >= 11 is 0. The molecule has 0 atom stereocenters. The van der Waals surface area contributed by atoms with Gasteiger partial charge in [-0.05, 0) is 73.1 Å². The Bertz CT molecular complexity index is 1060. The average molecular weight is 499 g/mol. The van der Waals surface area contributed by atoms with E-state index in [9.17, 15) is 0 Å². The van der Waals surface area contributed by atoms with Crippen LogP contribution in [0.4, 0.5) is 0 Å². The monoisotopic (exact) mass is 498 g/mol. The lowest BCUT2D eigenvalue weighted by atomic mass is 9.77. The highest BCUT2D eigenvalue weighted by Gasteiger charge is 2.22. The standard InChI is InChI=1S/C34H46N2O/c1-3-5-7-8-10-12-27-13-15-29(16-14-27)19-26-33-35-34(36-37-33)32-24-22-31(23-25-32)30-20-17-28(18-21-30)11-9-6-4-2/h13-16,19,22-26,28,30H,3-12,17-18,20-21H2,1-2H3. The fourth-order valence-corrected chi connectivity index (χ4v) is 5.69. The zero-order valence-electron chi connectivity index (χ0n) is 23.1. The molecule has 1 saturated carbocycles. The fraction of sp³-hybridized carbons (Fsp3) is 0.529. The molecular formula is C34H46N2O. The van der Waals surface area contributed by atoms with E-state index < -0.39 is 0 Å². The number of nitrogens with zero attached hydrogens (tertiary/aromatic N) is 2. The third kappa shape index (κ3) is 8.69. The van der Waals surface area contributed by atoms with Crippen LogP contribution in [0.1, 0.15) is 126 Å². The quantitative estimate of drug-likeness (QED) is 0.207. The molecule has 198 valence electrons. The van der Waals surface area contributed by atoms with Gasteiger partial charge in [-0.15, -0.1) is 0 Å². The lowest BCUT2D eigenvalue weighted by molar-refractivity contribution is 0.303. The normalized spacial score (nSPS) is 18.0. The first-order valence-electron chi connectivity index (χ1n) is 15.0. The van der Waals surface area contributed by atoms with Crippen molar-refractivity contribution < 1.29 is 4.52 Å². The van der Waals surface area contributed by atoms with Gasteiger partial charge in [-0.1, -0.05) is 119 Å². The van der Waals surface area contributed by atoms with E-state index in [0.717, 1.165) is 17.0 Å². The zero-order chi connectivity index (χ0) is 25.7. The van der Waals surface area contributed by atoms with Crippen molar-refractivity contribution in [1.29, 1.82) is 0 Å². The molecule has 0 aliphatic heterocycles. The van der Waals surface area contributed by atoms with Crippen LogP contribution in [0.15, 0.2) is 53.1 Å². The van der Waals surface area contributed by atoms with Gasteiger partial charge in [0.05, 0.1) is 0 Å². The van der Waals surface area contributed by atoms with Gasteiger partial charge in [0, 0.05) is 11.6 Å². The molecule has 0 bridgehead atoms. The molecule has 1 heterocycles. The van der Waals surface area contributed by atoms with Crippen LogP contribution in [-0.4, -0.2) is 10.1 Å². The minimum atomic E-state index is 0.542. The molecule has 0 amide bonds. The third-order valence-electron chi connectivity index (χ3n) is 8.11. The van der Waals surface area contributed by atoms with E-state index in [-0.39, 0.29) is 0 Å². The highest BCUT2D eigenvalue weighted by molar-refractivity contribution is 5.67. The summed E-state index contributed by atoms with van der Waals surface area (Å²) in [6.45, 7) is 4.56. The van der Waals surface area contributed by atoms with Crippen LogP contribution in [0.5, 0.6) is 0 Å². The van der Waals surface area contributed by atoms with Gasteiger partial charge in [0.2, 0.25) is 5.82 Å². The summed E-state index contributed by atoms with van der Waals surface area (Å²) in [5.41, 5.74) is 5.04. The van der Waals surface area contributed by atoms with E-state index in [2.05, 4.69) is 72.5 Å². The van der Waals surface area contributed by atoms with Crippen molar-refractivity contribution in [2.75, 3.05) is 0 Å². The topological polar surface area (TPSA) is 38.9 Å². The van der Waals surface area contributed by atoms with E-state index in [1.807, 2.05) is 12.2 Å². The van der Waals surface area contributed by atoms with Gasteiger partial charge < -0.3 is 4.52 Å². The summed E-state index contributed by atoms with van der Waals surface area (Å²) in [6.07, 6.45) is 22.7. The van der Waals surface area contributed by atoms with E-state index >= 15 is 0 Å². The summed E-state index contributed by atoms with van der Waals surface area (Å²) in [4.78, 5) is 4.60. The van der Waals surface area contributed by atoms with Gasteiger partial charge in [0.15, 0.2) is 0 Å². The van der Waals surface area contributed by atoms with Gasteiger partial charge in [-0.2, -0.15) is 4.98 Å². The molecular weight excluding hydrogens is 452 g/mol. The highest BCUT2D eigenvalue weighted by atomic mass is 16.5. The molecule has 3 aromatic rings. The van der Waals surface area contributed by atoms with Crippen molar-refractivity contribution in [3.63, 3.8) is 0 Å². The number of aryl methyl sites for hydroxylation is 1. The second-order valence-corrected chi connectivity index (χ2v) is 11.0. The van der Waals surface area contributed by atoms with Crippen molar-refractivity contribution >= 4 is 12.2 Å². The maximum Gasteiger partial charge on any atom is 0.250 e. The smallest absolute Gasteiger partial charge is 0.250 e.